The van der Waals surface area contributed by atoms with Crippen LogP contribution in [0.25, 0.3) is 0 Å². The van der Waals surface area contributed by atoms with Crippen LogP contribution in [0.4, 0.5) is 5.13 Å². The fraction of sp³-hybridized carbons (Fsp3) is 0.250. The monoisotopic (exact) mass is 294 g/mol. The second-order valence-corrected chi connectivity index (χ2v) is 5.98. The fourth-order valence-electron chi connectivity index (χ4n) is 1.42. The molecule has 0 unspecified atom stereocenters. The SMILES string of the molecule is Cc1ccccc1SCC(=O)NCc1nnc(N)s1. The molecule has 0 radical (unpaired) electrons. The summed E-state index contributed by atoms with van der Waals surface area (Å²) >= 11 is 2.81. The Morgan fingerprint density at radius 3 is 2.89 bits per heavy atom. The smallest absolute Gasteiger partial charge is 0.230 e. The first-order valence-corrected chi connectivity index (χ1v) is 7.48. The normalized spacial score (nSPS) is 10.4. The van der Waals surface area contributed by atoms with E-state index in [1.165, 1.54) is 28.7 Å². The van der Waals surface area contributed by atoms with E-state index in [4.69, 9.17) is 5.73 Å². The van der Waals surface area contributed by atoms with Crippen LogP contribution in [0.1, 0.15) is 10.6 Å². The average molecular weight is 294 g/mol. The molecule has 0 saturated carbocycles. The van der Waals surface area contributed by atoms with Crippen molar-refractivity contribution in [3.63, 3.8) is 0 Å². The van der Waals surface area contributed by atoms with Crippen LogP contribution in [-0.2, 0) is 11.3 Å². The van der Waals surface area contributed by atoms with Gasteiger partial charge in [-0.25, -0.2) is 0 Å². The molecular formula is C12H14N4OS2. The highest BCUT2D eigenvalue weighted by atomic mass is 32.2. The number of nitrogens with two attached hydrogens (primary N) is 1. The number of benzene rings is 1. The minimum Gasteiger partial charge on any atom is -0.374 e. The van der Waals surface area contributed by atoms with Crippen LogP contribution in [0.15, 0.2) is 29.2 Å². The number of nitrogen functional groups attached to an aromatic ring is 1. The Morgan fingerprint density at radius 2 is 2.21 bits per heavy atom. The summed E-state index contributed by atoms with van der Waals surface area (Å²) in [6, 6.07) is 8.00. The summed E-state index contributed by atoms with van der Waals surface area (Å²) in [5.74, 6) is 0.362. The van der Waals surface area contributed by atoms with Crippen molar-refractivity contribution >= 4 is 34.1 Å². The molecule has 2 aromatic rings. The third kappa shape index (κ3) is 4.22. The molecule has 1 aromatic carbocycles. The molecule has 5 nitrogen and oxygen atoms in total. The molecule has 0 aliphatic heterocycles. The minimum absolute atomic E-state index is 0.0259. The van der Waals surface area contributed by atoms with Crippen LogP contribution in [-0.4, -0.2) is 21.9 Å². The molecule has 100 valence electrons. The van der Waals surface area contributed by atoms with E-state index in [-0.39, 0.29) is 5.91 Å². The van der Waals surface area contributed by atoms with E-state index in [2.05, 4.69) is 15.5 Å². The Labute approximate surface area is 119 Å². The third-order valence-corrected chi connectivity index (χ3v) is 4.30. The van der Waals surface area contributed by atoms with E-state index in [1.807, 2.05) is 31.2 Å². The maximum Gasteiger partial charge on any atom is 0.230 e. The van der Waals surface area contributed by atoms with E-state index < -0.39 is 0 Å². The number of amides is 1. The summed E-state index contributed by atoms with van der Waals surface area (Å²) in [7, 11) is 0. The summed E-state index contributed by atoms with van der Waals surface area (Å²) in [5.41, 5.74) is 6.64. The Bertz CT molecular complexity index is 570. The number of nitrogens with one attached hydrogen (secondary N) is 1. The van der Waals surface area contributed by atoms with E-state index in [0.29, 0.717) is 22.4 Å². The van der Waals surface area contributed by atoms with Gasteiger partial charge in [0, 0.05) is 4.90 Å². The van der Waals surface area contributed by atoms with Crippen LogP contribution < -0.4 is 11.1 Å². The third-order valence-electron chi connectivity index (χ3n) is 2.37. The van der Waals surface area contributed by atoms with Crippen LogP contribution in [0.3, 0.4) is 0 Å². The summed E-state index contributed by atoms with van der Waals surface area (Å²) in [4.78, 5) is 12.8. The highest BCUT2D eigenvalue weighted by Crippen LogP contribution is 2.21. The van der Waals surface area contributed by atoms with Gasteiger partial charge in [-0.2, -0.15) is 0 Å². The predicted octanol–water partition coefficient (Wildman–Crippen LogP) is 1.84. The zero-order valence-electron chi connectivity index (χ0n) is 10.4. The van der Waals surface area contributed by atoms with Gasteiger partial charge in [-0.05, 0) is 18.6 Å². The van der Waals surface area contributed by atoms with E-state index >= 15 is 0 Å². The topological polar surface area (TPSA) is 80.9 Å². The van der Waals surface area contributed by atoms with Crippen molar-refractivity contribution in [1.82, 2.24) is 15.5 Å². The van der Waals surface area contributed by atoms with Gasteiger partial charge in [0.25, 0.3) is 0 Å². The zero-order chi connectivity index (χ0) is 13.7. The molecule has 0 atom stereocenters. The summed E-state index contributed by atoms with van der Waals surface area (Å²) in [5, 5.41) is 11.5. The van der Waals surface area contributed by atoms with Gasteiger partial charge in [-0.15, -0.1) is 22.0 Å². The number of nitrogens with zero attached hydrogens (tertiary/aromatic N) is 2. The van der Waals surface area contributed by atoms with E-state index in [9.17, 15) is 4.79 Å². The molecule has 0 fully saturated rings. The fourth-order valence-corrected chi connectivity index (χ4v) is 2.83. The molecule has 3 N–H and O–H groups in total. The first-order valence-electron chi connectivity index (χ1n) is 5.68. The first kappa shape index (κ1) is 13.8. The number of hydrogen-bond donors (Lipinski definition) is 2. The lowest BCUT2D eigenvalue weighted by Crippen LogP contribution is -2.24. The van der Waals surface area contributed by atoms with Gasteiger partial charge >= 0.3 is 0 Å². The zero-order valence-corrected chi connectivity index (χ0v) is 12.1. The van der Waals surface area contributed by atoms with Crippen LogP contribution in [0.5, 0.6) is 0 Å². The molecule has 0 bridgehead atoms. The largest absolute Gasteiger partial charge is 0.374 e. The van der Waals surface area contributed by atoms with Gasteiger partial charge in [-0.3, -0.25) is 4.79 Å². The first-order chi connectivity index (χ1) is 9.15. The Balaban J connectivity index is 1.77. The highest BCUT2D eigenvalue weighted by molar-refractivity contribution is 8.00. The summed E-state index contributed by atoms with van der Waals surface area (Å²) in [6.07, 6.45) is 0. The average Bonchev–Trinajstić information content (AvgIpc) is 2.81. The number of carbonyl (C=O) groups is 1. The van der Waals surface area contributed by atoms with Gasteiger partial charge in [0.1, 0.15) is 5.01 Å². The van der Waals surface area contributed by atoms with Crippen molar-refractivity contribution in [3.8, 4) is 0 Å². The second kappa shape index (κ2) is 6.53. The maximum absolute atomic E-state index is 11.7. The number of hydrogen-bond acceptors (Lipinski definition) is 6. The molecule has 0 aliphatic carbocycles. The lowest BCUT2D eigenvalue weighted by atomic mass is 10.2. The number of aromatic nitrogens is 2. The lowest BCUT2D eigenvalue weighted by Gasteiger charge is -2.05. The molecule has 0 aliphatic rings. The van der Waals surface area contributed by atoms with Crippen LogP contribution in [0.2, 0.25) is 0 Å². The summed E-state index contributed by atoms with van der Waals surface area (Å²) in [6.45, 7) is 2.41. The molecule has 1 amide bonds. The lowest BCUT2D eigenvalue weighted by molar-refractivity contribution is -0.118. The Hall–Kier alpha value is -1.60. The second-order valence-electron chi connectivity index (χ2n) is 3.86. The van der Waals surface area contributed by atoms with Crippen molar-refractivity contribution in [2.75, 3.05) is 11.5 Å². The molecule has 19 heavy (non-hydrogen) atoms. The summed E-state index contributed by atoms with van der Waals surface area (Å²) < 4.78 is 0. The molecule has 0 saturated heterocycles. The number of rotatable bonds is 5. The van der Waals surface area contributed by atoms with Gasteiger partial charge < -0.3 is 11.1 Å². The van der Waals surface area contributed by atoms with Gasteiger partial charge in [-0.1, -0.05) is 29.5 Å². The molecule has 1 aromatic heterocycles. The molecule has 2 rings (SSSR count). The van der Waals surface area contributed by atoms with Crippen LogP contribution >= 0.6 is 23.1 Å². The number of anilines is 1. The van der Waals surface area contributed by atoms with Gasteiger partial charge in [0.15, 0.2) is 0 Å². The quantitative estimate of drug-likeness (QED) is 0.822. The molecule has 1 heterocycles. The van der Waals surface area contributed by atoms with Crippen molar-refractivity contribution in [2.24, 2.45) is 0 Å². The van der Waals surface area contributed by atoms with E-state index in [1.54, 1.807) is 0 Å². The maximum atomic E-state index is 11.7. The van der Waals surface area contributed by atoms with Crippen molar-refractivity contribution in [3.05, 3.63) is 34.8 Å². The Kier molecular flexibility index (Phi) is 4.75. The van der Waals surface area contributed by atoms with E-state index in [0.717, 1.165) is 4.90 Å². The highest BCUT2D eigenvalue weighted by Gasteiger charge is 2.06. The van der Waals surface area contributed by atoms with Crippen molar-refractivity contribution in [2.45, 2.75) is 18.4 Å². The number of thioether (sulfide) groups is 1. The van der Waals surface area contributed by atoms with Crippen LogP contribution in [0, 0.1) is 6.92 Å². The molecule has 0 spiro atoms. The standard InChI is InChI=1S/C12H14N4OS2/c1-8-4-2-3-5-9(8)18-7-10(17)14-6-11-15-16-12(13)19-11/h2-5H,6-7H2,1H3,(H2,13,16)(H,14,17). The predicted molar refractivity (Wildman–Crippen MR) is 78.1 cm³/mol. The molecular weight excluding hydrogens is 280 g/mol. The van der Waals surface area contributed by atoms with Gasteiger partial charge in [0.2, 0.25) is 11.0 Å². The van der Waals surface area contributed by atoms with Crippen molar-refractivity contribution < 1.29 is 4.79 Å². The Morgan fingerprint density at radius 1 is 1.42 bits per heavy atom. The number of carbonyl (C=O) groups excluding carboxylic acids is 1. The van der Waals surface area contributed by atoms with Gasteiger partial charge in [0.05, 0.1) is 12.3 Å². The number of aryl methyl sites for hydroxylation is 1. The minimum atomic E-state index is -0.0259. The molecule has 7 heteroatoms. The van der Waals surface area contributed by atoms with Crippen molar-refractivity contribution in [1.29, 1.82) is 0 Å².